The summed E-state index contributed by atoms with van der Waals surface area (Å²) in [4.78, 5) is 23.1. The van der Waals surface area contributed by atoms with Crippen molar-refractivity contribution in [2.45, 2.75) is 33.3 Å². The predicted octanol–water partition coefficient (Wildman–Crippen LogP) is 2.98. The van der Waals surface area contributed by atoms with Gasteiger partial charge in [-0.05, 0) is 27.7 Å². The van der Waals surface area contributed by atoms with Crippen molar-refractivity contribution in [2.24, 2.45) is 0 Å². The van der Waals surface area contributed by atoms with E-state index in [9.17, 15) is 14.7 Å². The maximum Gasteiger partial charge on any atom is 0.412 e. The Morgan fingerprint density at radius 1 is 1.42 bits per heavy atom. The highest BCUT2D eigenvalue weighted by atomic mass is 32.1. The molecular weight excluding hydrogens is 270 g/mol. The van der Waals surface area contributed by atoms with Crippen LogP contribution in [0.25, 0.3) is 0 Å². The van der Waals surface area contributed by atoms with Gasteiger partial charge in [0.25, 0.3) is 0 Å². The second-order valence-corrected chi connectivity index (χ2v) is 5.55. The molecule has 1 aromatic heterocycles. The van der Waals surface area contributed by atoms with Crippen LogP contribution in [0.1, 0.15) is 37.4 Å². The Hall–Kier alpha value is -1.76. The topological polar surface area (TPSA) is 84.9 Å². The van der Waals surface area contributed by atoms with E-state index in [1.54, 1.807) is 27.7 Å². The number of anilines is 1. The molecule has 0 aliphatic carbocycles. The molecule has 0 atom stereocenters. The number of hydrogen-bond donors (Lipinski definition) is 2. The van der Waals surface area contributed by atoms with E-state index in [2.05, 4.69) is 5.32 Å². The molecule has 0 aliphatic rings. The summed E-state index contributed by atoms with van der Waals surface area (Å²) in [5.41, 5.74) is -0.512. The SMILES string of the molecule is CCOC(=O)c1scc(NC(=O)OC(C)(C)C)c1O. The van der Waals surface area contributed by atoms with Crippen LogP contribution in [0, 0.1) is 0 Å². The molecule has 0 aromatic carbocycles. The number of thiophene rings is 1. The fourth-order valence-electron chi connectivity index (χ4n) is 1.20. The molecule has 0 unspecified atom stereocenters. The summed E-state index contributed by atoms with van der Waals surface area (Å²) < 4.78 is 9.82. The predicted molar refractivity (Wildman–Crippen MR) is 71.8 cm³/mol. The van der Waals surface area contributed by atoms with E-state index in [0.29, 0.717) is 0 Å². The van der Waals surface area contributed by atoms with Crippen molar-refractivity contribution in [1.29, 1.82) is 0 Å². The Bertz CT molecular complexity index is 475. The quantitative estimate of drug-likeness (QED) is 0.835. The molecule has 1 heterocycles. The molecule has 1 amide bonds. The Morgan fingerprint density at radius 2 is 2.05 bits per heavy atom. The zero-order valence-corrected chi connectivity index (χ0v) is 12.1. The summed E-state index contributed by atoms with van der Waals surface area (Å²) in [6.07, 6.45) is -0.698. The van der Waals surface area contributed by atoms with Gasteiger partial charge in [0.1, 0.15) is 5.60 Å². The molecule has 0 saturated carbocycles. The van der Waals surface area contributed by atoms with Crippen LogP contribution in [0.2, 0.25) is 0 Å². The fraction of sp³-hybridized carbons (Fsp3) is 0.500. The van der Waals surface area contributed by atoms with Gasteiger partial charge in [-0.3, -0.25) is 5.32 Å². The summed E-state index contributed by atoms with van der Waals surface area (Å²) >= 11 is 0.989. The molecule has 0 saturated heterocycles. The van der Waals surface area contributed by atoms with Crippen LogP contribution in [-0.4, -0.2) is 29.4 Å². The number of hydrogen-bond acceptors (Lipinski definition) is 6. The average molecular weight is 287 g/mol. The number of ether oxygens (including phenoxy) is 2. The second kappa shape index (κ2) is 5.92. The van der Waals surface area contributed by atoms with Crippen LogP contribution >= 0.6 is 11.3 Å². The van der Waals surface area contributed by atoms with Gasteiger partial charge in [0, 0.05) is 5.38 Å². The average Bonchev–Trinajstić information content (AvgIpc) is 2.58. The smallest absolute Gasteiger partial charge is 0.412 e. The first kappa shape index (κ1) is 15.3. The summed E-state index contributed by atoms with van der Waals surface area (Å²) in [5, 5.41) is 13.6. The van der Waals surface area contributed by atoms with Gasteiger partial charge in [-0.15, -0.1) is 11.3 Å². The Labute approximate surface area is 115 Å². The molecule has 106 valence electrons. The van der Waals surface area contributed by atoms with Crippen molar-refractivity contribution in [3.8, 4) is 5.75 Å². The summed E-state index contributed by atoms with van der Waals surface area (Å²) in [7, 11) is 0. The molecule has 0 aliphatic heterocycles. The number of rotatable bonds is 3. The zero-order valence-electron chi connectivity index (χ0n) is 11.3. The van der Waals surface area contributed by atoms with E-state index in [-0.39, 0.29) is 22.9 Å². The molecule has 0 fully saturated rings. The van der Waals surface area contributed by atoms with E-state index >= 15 is 0 Å². The van der Waals surface area contributed by atoms with Crippen molar-refractivity contribution < 1.29 is 24.2 Å². The first-order chi connectivity index (χ1) is 8.74. The van der Waals surface area contributed by atoms with Crippen LogP contribution in [0.5, 0.6) is 5.75 Å². The van der Waals surface area contributed by atoms with Crippen LogP contribution in [0.4, 0.5) is 10.5 Å². The monoisotopic (exact) mass is 287 g/mol. The number of amides is 1. The Kier molecular flexibility index (Phi) is 4.77. The van der Waals surface area contributed by atoms with Crippen molar-refractivity contribution >= 4 is 29.1 Å². The molecule has 0 spiro atoms. The summed E-state index contributed by atoms with van der Waals surface area (Å²) in [6.45, 7) is 7.06. The van der Waals surface area contributed by atoms with Crippen molar-refractivity contribution in [1.82, 2.24) is 0 Å². The molecular formula is C12H17NO5S. The number of esters is 1. The van der Waals surface area contributed by atoms with Gasteiger partial charge in [0.2, 0.25) is 0 Å². The number of carbonyl (C=O) groups is 2. The molecule has 6 nitrogen and oxygen atoms in total. The minimum absolute atomic E-state index is 0.0490. The highest BCUT2D eigenvalue weighted by Crippen LogP contribution is 2.34. The van der Waals surface area contributed by atoms with Crippen LogP contribution in [0.3, 0.4) is 0 Å². The standard InChI is InChI=1S/C12H17NO5S/c1-5-17-10(15)9-8(14)7(6-19-9)13-11(16)18-12(2,3)4/h6,14H,5H2,1-4H3,(H,13,16). The lowest BCUT2D eigenvalue weighted by atomic mass is 10.2. The second-order valence-electron chi connectivity index (χ2n) is 4.67. The number of carbonyl (C=O) groups excluding carboxylic acids is 2. The van der Waals surface area contributed by atoms with E-state index in [1.165, 1.54) is 5.38 Å². The zero-order chi connectivity index (χ0) is 14.6. The van der Waals surface area contributed by atoms with E-state index in [0.717, 1.165) is 11.3 Å². The first-order valence-corrected chi connectivity index (χ1v) is 6.60. The summed E-state index contributed by atoms with van der Waals surface area (Å²) in [6, 6.07) is 0. The maximum absolute atomic E-state index is 11.5. The molecule has 7 heteroatoms. The highest BCUT2D eigenvalue weighted by Gasteiger charge is 2.22. The first-order valence-electron chi connectivity index (χ1n) is 5.72. The lowest BCUT2D eigenvalue weighted by molar-refractivity contribution is 0.0527. The van der Waals surface area contributed by atoms with Gasteiger partial charge in [0.05, 0.1) is 12.3 Å². The minimum atomic E-state index is -0.698. The normalized spacial score (nSPS) is 10.9. The van der Waals surface area contributed by atoms with Gasteiger partial charge < -0.3 is 14.6 Å². The molecule has 0 bridgehead atoms. The maximum atomic E-state index is 11.5. The Balaban J connectivity index is 2.76. The third-order valence-electron chi connectivity index (χ3n) is 1.86. The van der Waals surface area contributed by atoms with Crippen LogP contribution in [0.15, 0.2) is 5.38 Å². The molecule has 1 aromatic rings. The number of nitrogens with one attached hydrogen (secondary N) is 1. The minimum Gasteiger partial charge on any atom is -0.504 e. The van der Waals surface area contributed by atoms with Crippen LogP contribution < -0.4 is 5.32 Å². The third kappa shape index (κ3) is 4.44. The van der Waals surface area contributed by atoms with E-state index < -0.39 is 17.7 Å². The highest BCUT2D eigenvalue weighted by molar-refractivity contribution is 7.13. The van der Waals surface area contributed by atoms with Gasteiger partial charge in [-0.1, -0.05) is 0 Å². The lowest BCUT2D eigenvalue weighted by Crippen LogP contribution is -2.27. The third-order valence-corrected chi connectivity index (χ3v) is 2.81. The van der Waals surface area contributed by atoms with Gasteiger partial charge in [-0.2, -0.15) is 0 Å². The molecule has 1 rings (SSSR count). The van der Waals surface area contributed by atoms with Gasteiger partial charge in [0.15, 0.2) is 10.6 Å². The fourth-order valence-corrected chi connectivity index (χ4v) is 1.98. The van der Waals surface area contributed by atoms with Gasteiger partial charge >= 0.3 is 12.1 Å². The van der Waals surface area contributed by atoms with E-state index in [1.807, 2.05) is 0 Å². The molecule has 19 heavy (non-hydrogen) atoms. The van der Waals surface area contributed by atoms with Crippen molar-refractivity contribution in [2.75, 3.05) is 11.9 Å². The Morgan fingerprint density at radius 3 is 2.58 bits per heavy atom. The lowest BCUT2D eigenvalue weighted by Gasteiger charge is -2.19. The molecule has 2 N–H and O–H groups in total. The van der Waals surface area contributed by atoms with Crippen molar-refractivity contribution in [3.05, 3.63) is 10.3 Å². The number of aromatic hydroxyl groups is 1. The largest absolute Gasteiger partial charge is 0.504 e. The van der Waals surface area contributed by atoms with Crippen LogP contribution in [-0.2, 0) is 9.47 Å². The van der Waals surface area contributed by atoms with E-state index in [4.69, 9.17) is 9.47 Å². The summed E-state index contributed by atoms with van der Waals surface area (Å²) in [5.74, 6) is -0.934. The van der Waals surface area contributed by atoms with Crippen molar-refractivity contribution in [3.63, 3.8) is 0 Å². The van der Waals surface area contributed by atoms with Gasteiger partial charge in [-0.25, -0.2) is 9.59 Å². The molecule has 0 radical (unpaired) electrons.